The largest absolute Gasteiger partial charge is 0.491 e. The third kappa shape index (κ3) is 4.30. The van der Waals surface area contributed by atoms with Gasteiger partial charge in [0.25, 0.3) is 0 Å². The van der Waals surface area contributed by atoms with Crippen LogP contribution in [-0.4, -0.2) is 24.8 Å². The van der Waals surface area contributed by atoms with E-state index < -0.39 is 5.97 Å². The molecule has 0 aliphatic heterocycles. The van der Waals surface area contributed by atoms with E-state index >= 15 is 0 Å². The second-order valence-corrected chi connectivity index (χ2v) is 5.52. The van der Waals surface area contributed by atoms with Crippen LogP contribution in [0, 0.1) is 5.92 Å². The molecule has 0 amide bonds. The molecule has 110 valence electrons. The molecule has 1 aromatic carbocycles. The van der Waals surface area contributed by atoms with Crippen LogP contribution in [0.15, 0.2) is 12.1 Å². The number of carboxylic acids is 1. The van der Waals surface area contributed by atoms with Crippen molar-refractivity contribution < 1.29 is 19.4 Å². The molecule has 0 bridgehead atoms. The molecule has 1 aromatic rings. The molecule has 2 rings (SSSR count). The van der Waals surface area contributed by atoms with Gasteiger partial charge >= 0.3 is 5.97 Å². The van der Waals surface area contributed by atoms with Gasteiger partial charge in [-0.05, 0) is 49.3 Å². The summed E-state index contributed by atoms with van der Waals surface area (Å²) in [6.07, 6.45) is 3.83. The Morgan fingerprint density at radius 2 is 2.20 bits per heavy atom. The van der Waals surface area contributed by atoms with Gasteiger partial charge in [-0.3, -0.25) is 4.79 Å². The number of aliphatic carboxylic acids is 1. The minimum atomic E-state index is -0.783. The van der Waals surface area contributed by atoms with E-state index in [0.717, 1.165) is 5.56 Å². The quantitative estimate of drug-likeness (QED) is 0.797. The van der Waals surface area contributed by atoms with Crippen LogP contribution in [0.3, 0.4) is 0 Å². The zero-order valence-corrected chi connectivity index (χ0v) is 12.3. The monoisotopic (exact) mass is 298 g/mol. The third-order valence-corrected chi connectivity index (χ3v) is 3.58. The summed E-state index contributed by atoms with van der Waals surface area (Å²) in [6, 6.07) is 3.71. The van der Waals surface area contributed by atoms with Gasteiger partial charge in [-0.15, -0.1) is 0 Å². The highest BCUT2D eigenvalue weighted by Gasteiger charge is 2.23. The number of methoxy groups -OCH3 is 1. The number of hydrogen-bond acceptors (Lipinski definition) is 3. The Kier molecular flexibility index (Phi) is 5.12. The lowest BCUT2D eigenvalue weighted by atomic mass is 10.1. The van der Waals surface area contributed by atoms with Crippen molar-refractivity contribution in [3.05, 3.63) is 22.7 Å². The van der Waals surface area contributed by atoms with Gasteiger partial charge in [0.05, 0.1) is 18.7 Å². The van der Waals surface area contributed by atoms with Crippen LogP contribution >= 0.6 is 11.6 Å². The van der Waals surface area contributed by atoms with E-state index in [1.54, 1.807) is 7.11 Å². The molecule has 0 saturated heterocycles. The molecule has 0 spiro atoms. The van der Waals surface area contributed by atoms with E-state index in [1.165, 1.54) is 12.8 Å². The van der Waals surface area contributed by atoms with Gasteiger partial charge in [-0.2, -0.15) is 0 Å². The normalized spacial score (nSPS) is 14.1. The predicted octanol–water partition coefficient (Wildman–Crippen LogP) is 3.54. The number of hydrogen-bond donors (Lipinski definition) is 1. The molecule has 0 heterocycles. The van der Waals surface area contributed by atoms with Gasteiger partial charge in [0.15, 0.2) is 11.5 Å². The van der Waals surface area contributed by atoms with Crippen LogP contribution < -0.4 is 9.47 Å². The summed E-state index contributed by atoms with van der Waals surface area (Å²) >= 11 is 6.19. The number of rotatable bonds is 8. The number of aryl methyl sites for hydroxylation is 1. The first-order chi connectivity index (χ1) is 9.60. The van der Waals surface area contributed by atoms with Crippen molar-refractivity contribution in [1.29, 1.82) is 0 Å². The molecule has 1 N–H and O–H groups in total. The van der Waals surface area contributed by atoms with Crippen LogP contribution in [-0.2, 0) is 11.2 Å². The SMILES string of the molecule is COc1c(Cl)cc(CCCC(=O)O)cc1OCC1CC1. The lowest BCUT2D eigenvalue weighted by Gasteiger charge is -2.14. The highest BCUT2D eigenvalue weighted by Crippen LogP contribution is 2.38. The van der Waals surface area contributed by atoms with Crippen molar-refractivity contribution in [2.45, 2.75) is 32.1 Å². The highest BCUT2D eigenvalue weighted by atomic mass is 35.5. The molecule has 20 heavy (non-hydrogen) atoms. The molecule has 0 atom stereocenters. The molecular formula is C15H19ClO4. The summed E-state index contributed by atoms with van der Waals surface area (Å²) in [5.74, 6) is 1.07. The third-order valence-electron chi connectivity index (χ3n) is 3.30. The number of benzene rings is 1. The maximum absolute atomic E-state index is 10.5. The zero-order valence-electron chi connectivity index (χ0n) is 11.5. The number of halogens is 1. The lowest BCUT2D eigenvalue weighted by Crippen LogP contribution is -2.02. The standard InChI is InChI=1S/C15H19ClO4/c1-19-15-12(16)7-11(3-2-4-14(17)18)8-13(15)20-9-10-5-6-10/h7-8,10H,2-6,9H2,1H3,(H,17,18). The average Bonchev–Trinajstić information content (AvgIpc) is 3.19. The first kappa shape index (κ1) is 15.0. The lowest BCUT2D eigenvalue weighted by molar-refractivity contribution is -0.137. The fraction of sp³-hybridized carbons (Fsp3) is 0.533. The van der Waals surface area contributed by atoms with Gasteiger partial charge in [0, 0.05) is 6.42 Å². The van der Waals surface area contributed by atoms with Gasteiger partial charge < -0.3 is 14.6 Å². The van der Waals surface area contributed by atoms with E-state index in [1.807, 2.05) is 12.1 Å². The Labute approximate surface area is 123 Å². The highest BCUT2D eigenvalue weighted by molar-refractivity contribution is 6.32. The minimum Gasteiger partial charge on any atom is -0.491 e. The summed E-state index contributed by atoms with van der Waals surface area (Å²) in [7, 11) is 1.56. The van der Waals surface area contributed by atoms with Gasteiger partial charge in [-0.25, -0.2) is 0 Å². The first-order valence-corrected chi connectivity index (χ1v) is 7.19. The fourth-order valence-electron chi connectivity index (χ4n) is 2.01. The zero-order chi connectivity index (χ0) is 14.5. The molecule has 0 radical (unpaired) electrons. The average molecular weight is 299 g/mol. The second-order valence-electron chi connectivity index (χ2n) is 5.11. The van der Waals surface area contributed by atoms with Crippen LogP contribution in [0.25, 0.3) is 0 Å². The Morgan fingerprint density at radius 1 is 1.45 bits per heavy atom. The Balaban J connectivity index is 2.05. The van der Waals surface area contributed by atoms with Crippen LogP contribution in [0.1, 0.15) is 31.2 Å². The first-order valence-electron chi connectivity index (χ1n) is 6.81. The van der Waals surface area contributed by atoms with Gasteiger partial charge in [0.1, 0.15) is 0 Å². The maximum Gasteiger partial charge on any atom is 0.303 e. The Bertz CT molecular complexity index is 483. The molecule has 0 unspecified atom stereocenters. The maximum atomic E-state index is 10.5. The summed E-state index contributed by atoms with van der Waals surface area (Å²) in [5.41, 5.74) is 0.975. The van der Waals surface area contributed by atoms with Crippen molar-refractivity contribution in [2.75, 3.05) is 13.7 Å². The smallest absolute Gasteiger partial charge is 0.303 e. The second kappa shape index (κ2) is 6.84. The molecule has 5 heteroatoms. The topological polar surface area (TPSA) is 55.8 Å². The van der Waals surface area contributed by atoms with Crippen LogP contribution in [0.5, 0.6) is 11.5 Å². The molecular weight excluding hydrogens is 280 g/mol. The predicted molar refractivity (Wildman–Crippen MR) is 76.8 cm³/mol. The Morgan fingerprint density at radius 3 is 2.80 bits per heavy atom. The van der Waals surface area contributed by atoms with E-state index in [0.29, 0.717) is 41.9 Å². The van der Waals surface area contributed by atoms with Crippen LogP contribution in [0.2, 0.25) is 5.02 Å². The molecule has 1 aliphatic carbocycles. The fourth-order valence-corrected chi connectivity index (χ4v) is 2.32. The van der Waals surface area contributed by atoms with E-state index in [9.17, 15) is 4.79 Å². The van der Waals surface area contributed by atoms with Gasteiger partial charge in [-0.1, -0.05) is 11.6 Å². The summed E-state index contributed by atoms with van der Waals surface area (Å²) < 4.78 is 11.1. The van der Waals surface area contributed by atoms with Gasteiger partial charge in [0.2, 0.25) is 0 Å². The molecule has 1 aliphatic rings. The molecule has 0 aromatic heterocycles. The Hall–Kier alpha value is -1.42. The number of ether oxygens (including phenoxy) is 2. The van der Waals surface area contributed by atoms with E-state index in [2.05, 4.69) is 0 Å². The molecule has 4 nitrogen and oxygen atoms in total. The van der Waals surface area contributed by atoms with Crippen molar-refractivity contribution >= 4 is 17.6 Å². The van der Waals surface area contributed by atoms with Crippen molar-refractivity contribution in [3.8, 4) is 11.5 Å². The molecule has 1 saturated carbocycles. The van der Waals surface area contributed by atoms with Crippen molar-refractivity contribution in [3.63, 3.8) is 0 Å². The summed E-state index contributed by atoms with van der Waals surface area (Å²) in [6.45, 7) is 0.686. The summed E-state index contributed by atoms with van der Waals surface area (Å²) in [4.78, 5) is 10.5. The number of carbonyl (C=O) groups is 1. The number of carboxylic acid groups (broad SMARTS) is 1. The van der Waals surface area contributed by atoms with E-state index in [-0.39, 0.29) is 6.42 Å². The molecule has 1 fully saturated rings. The van der Waals surface area contributed by atoms with Crippen molar-refractivity contribution in [2.24, 2.45) is 5.92 Å². The van der Waals surface area contributed by atoms with Crippen molar-refractivity contribution in [1.82, 2.24) is 0 Å². The van der Waals surface area contributed by atoms with E-state index in [4.69, 9.17) is 26.2 Å². The summed E-state index contributed by atoms with van der Waals surface area (Å²) in [5, 5.41) is 9.17. The van der Waals surface area contributed by atoms with Crippen LogP contribution in [0.4, 0.5) is 0 Å². The minimum absolute atomic E-state index is 0.155.